The average Bonchev–Trinajstić information content (AvgIpc) is 3.58. The summed E-state index contributed by atoms with van der Waals surface area (Å²) in [5, 5.41) is 11.1. The molecule has 2 aliphatic rings. The van der Waals surface area contributed by atoms with Gasteiger partial charge in [0.15, 0.2) is 16.5 Å². The molecule has 2 aromatic carbocycles. The van der Waals surface area contributed by atoms with Gasteiger partial charge >= 0.3 is 6.36 Å². The molecule has 1 aliphatic heterocycles. The molecule has 200 valence electrons. The Morgan fingerprint density at radius 3 is 2.53 bits per heavy atom. The Kier molecular flexibility index (Phi) is 7.16. The summed E-state index contributed by atoms with van der Waals surface area (Å²) in [5.74, 6) is -2.04. The molecule has 0 atom stereocenters. The zero-order valence-corrected chi connectivity index (χ0v) is 20.7. The molecule has 0 bridgehead atoms. The number of ether oxygens (including phenoxy) is 2. The van der Waals surface area contributed by atoms with E-state index in [1.54, 1.807) is 18.2 Å². The van der Waals surface area contributed by atoms with Crippen LogP contribution in [0.3, 0.4) is 0 Å². The Hall–Kier alpha value is -3.42. The van der Waals surface area contributed by atoms with Crippen LogP contribution < -0.4 is 10.1 Å². The lowest BCUT2D eigenvalue weighted by Crippen LogP contribution is -2.51. The Morgan fingerprint density at radius 2 is 1.84 bits per heavy atom. The molecule has 0 unspecified atom stereocenters. The summed E-state index contributed by atoms with van der Waals surface area (Å²) in [6.07, 6.45) is -4.08. The molecule has 3 aromatic rings. The van der Waals surface area contributed by atoms with Gasteiger partial charge < -0.3 is 14.8 Å². The van der Waals surface area contributed by atoms with E-state index in [1.165, 1.54) is 12.1 Å². The van der Waals surface area contributed by atoms with Gasteiger partial charge in [0.1, 0.15) is 16.4 Å². The molecule has 2 fully saturated rings. The molecule has 1 aliphatic carbocycles. The number of Topliss-reactive ketones (excluding diaryl/α,β-unsaturated/α-hetero) is 1. The van der Waals surface area contributed by atoms with Crippen LogP contribution in [0.25, 0.3) is 10.6 Å². The van der Waals surface area contributed by atoms with Gasteiger partial charge in [-0.1, -0.05) is 23.5 Å². The number of anilines is 1. The highest BCUT2D eigenvalue weighted by atomic mass is 32.1. The number of rotatable bonds is 8. The van der Waals surface area contributed by atoms with Gasteiger partial charge in [0, 0.05) is 24.2 Å². The summed E-state index contributed by atoms with van der Waals surface area (Å²) in [6, 6.07) is 9.36. The highest BCUT2D eigenvalue weighted by molar-refractivity contribution is 7.14. The van der Waals surface area contributed by atoms with E-state index in [9.17, 15) is 27.2 Å². The van der Waals surface area contributed by atoms with Crippen molar-refractivity contribution in [3.63, 3.8) is 0 Å². The fraction of sp³-hybridized carbons (Fsp3) is 0.360. The summed E-state index contributed by atoms with van der Waals surface area (Å²) in [4.78, 5) is 28.1. The first kappa shape index (κ1) is 26.2. The smallest absolute Gasteiger partial charge is 0.404 e. The van der Waals surface area contributed by atoms with Gasteiger partial charge in [-0.15, -0.1) is 23.4 Å². The average molecular weight is 551 g/mol. The number of aromatic nitrogens is 2. The van der Waals surface area contributed by atoms with Crippen molar-refractivity contribution in [2.45, 2.75) is 31.2 Å². The summed E-state index contributed by atoms with van der Waals surface area (Å²) >= 11 is 1.03. The van der Waals surface area contributed by atoms with Gasteiger partial charge in [0.25, 0.3) is 0 Å². The quantitative estimate of drug-likeness (QED) is 0.327. The largest absolute Gasteiger partial charge is 0.573 e. The predicted octanol–water partition coefficient (Wildman–Crippen LogP) is 4.47. The molecule has 13 heteroatoms. The van der Waals surface area contributed by atoms with E-state index in [-0.39, 0.29) is 23.2 Å². The fourth-order valence-corrected chi connectivity index (χ4v) is 5.22. The number of alkyl halides is 3. The van der Waals surface area contributed by atoms with Crippen molar-refractivity contribution in [2.24, 2.45) is 0 Å². The molecule has 1 amide bonds. The van der Waals surface area contributed by atoms with Gasteiger partial charge in [0.2, 0.25) is 5.91 Å². The number of carbonyl (C=O) groups is 2. The van der Waals surface area contributed by atoms with E-state index >= 15 is 0 Å². The number of nitrogens with one attached hydrogen (secondary N) is 1. The van der Waals surface area contributed by atoms with Crippen molar-refractivity contribution in [1.29, 1.82) is 0 Å². The van der Waals surface area contributed by atoms with E-state index in [0.717, 1.165) is 23.5 Å². The van der Waals surface area contributed by atoms with Crippen LogP contribution in [0.1, 0.15) is 28.2 Å². The fourth-order valence-electron chi connectivity index (χ4n) is 4.36. The number of hydrogen-bond donors (Lipinski definition) is 1. The standard InChI is InChI=1S/C25H22F4N4O4S/c26-17-4-2-1-3-16(17)22-32-31-21(38-22)14-19(34)15-5-6-20(37-25(27,28)29)18(13-15)30-23(35)24(7-8-24)33-9-11-36-12-10-33/h1-6,13H,7-12,14H2,(H,30,35). The lowest BCUT2D eigenvalue weighted by Gasteiger charge is -2.34. The first-order valence-corrected chi connectivity index (χ1v) is 12.6. The summed E-state index contributed by atoms with van der Waals surface area (Å²) in [7, 11) is 0. The molecule has 1 saturated heterocycles. The Bertz CT molecular complexity index is 1350. The molecular weight excluding hydrogens is 528 g/mol. The zero-order chi connectivity index (χ0) is 26.9. The molecule has 38 heavy (non-hydrogen) atoms. The van der Waals surface area contributed by atoms with E-state index in [4.69, 9.17) is 4.74 Å². The van der Waals surface area contributed by atoms with E-state index in [1.807, 2.05) is 4.90 Å². The van der Waals surface area contributed by atoms with Crippen LogP contribution in [0.15, 0.2) is 42.5 Å². The van der Waals surface area contributed by atoms with Crippen molar-refractivity contribution < 1.29 is 36.6 Å². The van der Waals surface area contributed by atoms with Crippen molar-refractivity contribution in [2.75, 3.05) is 31.6 Å². The van der Waals surface area contributed by atoms with E-state index < -0.39 is 35.2 Å². The number of morpholine rings is 1. The molecule has 1 N–H and O–H groups in total. The third-order valence-corrected chi connectivity index (χ3v) is 7.38. The molecule has 5 rings (SSSR count). The highest BCUT2D eigenvalue weighted by Gasteiger charge is 2.54. The number of nitrogens with zero attached hydrogens (tertiary/aromatic N) is 3. The minimum Gasteiger partial charge on any atom is -0.404 e. The van der Waals surface area contributed by atoms with Crippen LogP contribution in [0.2, 0.25) is 0 Å². The maximum absolute atomic E-state index is 14.1. The monoisotopic (exact) mass is 550 g/mol. The Morgan fingerprint density at radius 1 is 1.11 bits per heavy atom. The normalized spacial score (nSPS) is 17.2. The van der Waals surface area contributed by atoms with Crippen molar-refractivity contribution in [3.05, 3.63) is 58.9 Å². The highest BCUT2D eigenvalue weighted by Crippen LogP contribution is 2.44. The van der Waals surface area contributed by atoms with Crippen LogP contribution in [0, 0.1) is 5.82 Å². The maximum atomic E-state index is 14.1. The Labute approximate surface area is 218 Å². The summed E-state index contributed by atoms with van der Waals surface area (Å²) in [5.41, 5.74) is -0.790. The van der Waals surface area contributed by atoms with Crippen LogP contribution in [0.4, 0.5) is 23.2 Å². The van der Waals surface area contributed by atoms with Gasteiger partial charge in [0.05, 0.1) is 25.3 Å². The van der Waals surface area contributed by atoms with Crippen molar-refractivity contribution >= 4 is 28.7 Å². The summed E-state index contributed by atoms with van der Waals surface area (Å²) < 4.78 is 62.7. The van der Waals surface area contributed by atoms with Crippen LogP contribution in [-0.4, -0.2) is 65.0 Å². The molecule has 1 aromatic heterocycles. The SMILES string of the molecule is O=C(Cc1nnc(-c2ccccc2F)s1)c1ccc(OC(F)(F)F)c(NC(=O)C2(N3CCOCC3)CC2)c1. The topological polar surface area (TPSA) is 93.7 Å². The first-order valence-electron chi connectivity index (χ1n) is 11.8. The van der Waals surface area contributed by atoms with Gasteiger partial charge in [-0.3, -0.25) is 14.5 Å². The van der Waals surface area contributed by atoms with Gasteiger partial charge in [-0.2, -0.15) is 0 Å². The number of hydrogen-bond acceptors (Lipinski definition) is 8. The van der Waals surface area contributed by atoms with Gasteiger partial charge in [-0.05, 0) is 43.2 Å². The maximum Gasteiger partial charge on any atom is 0.573 e. The number of halogens is 4. The second kappa shape index (κ2) is 10.4. The third-order valence-electron chi connectivity index (χ3n) is 6.42. The predicted molar refractivity (Wildman–Crippen MR) is 129 cm³/mol. The van der Waals surface area contributed by atoms with Crippen LogP contribution >= 0.6 is 11.3 Å². The molecule has 0 radical (unpaired) electrons. The van der Waals surface area contributed by atoms with E-state index in [0.29, 0.717) is 49.2 Å². The van der Waals surface area contributed by atoms with Crippen LogP contribution in [-0.2, 0) is 16.0 Å². The van der Waals surface area contributed by atoms with Crippen molar-refractivity contribution in [3.8, 4) is 16.3 Å². The molecular formula is C25H22F4N4O4S. The Balaban J connectivity index is 1.36. The molecule has 8 nitrogen and oxygen atoms in total. The second-order valence-electron chi connectivity index (χ2n) is 8.92. The van der Waals surface area contributed by atoms with Crippen molar-refractivity contribution in [1.82, 2.24) is 15.1 Å². The lowest BCUT2D eigenvalue weighted by atomic mass is 10.1. The van der Waals surface area contributed by atoms with E-state index in [2.05, 4.69) is 20.3 Å². The molecule has 2 heterocycles. The number of ketones is 1. The second-order valence-corrected chi connectivity index (χ2v) is 9.99. The minimum atomic E-state index is -5.00. The zero-order valence-electron chi connectivity index (χ0n) is 19.9. The number of benzene rings is 2. The first-order chi connectivity index (χ1) is 18.1. The molecule has 0 spiro atoms. The van der Waals surface area contributed by atoms with Crippen LogP contribution in [0.5, 0.6) is 5.75 Å². The summed E-state index contributed by atoms with van der Waals surface area (Å²) in [6.45, 7) is 2.00. The third kappa shape index (κ3) is 5.69. The van der Waals surface area contributed by atoms with Gasteiger partial charge in [-0.25, -0.2) is 4.39 Å². The molecule has 1 saturated carbocycles. The number of carbonyl (C=O) groups excluding carboxylic acids is 2. The minimum absolute atomic E-state index is 0.0497. The number of amides is 1. The lowest BCUT2D eigenvalue weighted by molar-refractivity contribution is -0.274.